The van der Waals surface area contributed by atoms with Crippen LogP contribution in [0.3, 0.4) is 0 Å². The van der Waals surface area contributed by atoms with Gasteiger partial charge in [0.25, 0.3) is 5.69 Å². The van der Waals surface area contributed by atoms with Crippen LogP contribution in [0, 0.1) is 20.6 Å². The maximum Gasteiger partial charge on any atom is 0.272 e. The first-order valence-corrected chi connectivity index (χ1v) is 6.32. The summed E-state index contributed by atoms with van der Waals surface area (Å²) in [4.78, 5) is 10.3. The van der Waals surface area contributed by atoms with Crippen molar-refractivity contribution in [3.05, 3.63) is 61.7 Å². The van der Waals surface area contributed by atoms with Gasteiger partial charge in [-0.25, -0.2) is 0 Å². The van der Waals surface area contributed by atoms with Crippen LogP contribution in [0.2, 0.25) is 0 Å². The van der Waals surface area contributed by atoms with Crippen molar-refractivity contribution in [1.82, 2.24) is 0 Å². The summed E-state index contributed by atoms with van der Waals surface area (Å²) in [6.45, 7) is 1.69. The second-order valence-corrected chi connectivity index (χ2v) is 5.01. The first-order chi connectivity index (χ1) is 8.56. The van der Waals surface area contributed by atoms with E-state index in [1.165, 1.54) is 6.07 Å². The molecular weight excluding hydrogens is 345 g/mol. The van der Waals surface area contributed by atoms with E-state index in [4.69, 9.17) is 4.74 Å². The molecule has 0 saturated carbocycles. The van der Waals surface area contributed by atoms with Crippen LogP contribution < -0.4 is 4.74 Å². The highest BCUT2D eigenvalue weighted by molar-refractivity contribution is 14.1. The van der Waals surface area contributed by atoms with Crippen molar-refractivity contribution < 1.29 is 9.66 Å². The van der Waals surface area contributed by atoms with Gasteiger partial charge in [-0.05, 0) is 59.8 Å². The van der Waals surface area contributed by atoms with Crippen LogP contribution in [0.1, 0.15) is 5.56 Å². The molecule has 4 nitrogen and oxygen atoms in total. The summed E-state index contributed by atoms with van der Waals surface area (Å²) < 4.78 is 6.72. The fourth-order valence-corrected chi connectivity index (χ4v) is 2.08. The van der Waals surface area contributed by atoms with E-state index in [9.17, 15) is 10.1 Å². The highest BCUT2D eigenvalue weighted by Gasteiger charge is 2.10. The van der Waals surface area contributed by atoms with Gasteiger partial charge in [0.2, 0.25) is 0 Å². The number of rotatable bonds is 3. The van der Waals surface area contributed by atoms with Crippen molar-refractivity contribution in [1.29, 1.82) is 0 Å². The van der Waals surface area contributed by atoms with E-state index in [1.54, 1.807) is 19.1 Å². The highest BCUT2D eigenvalue weighted by Crippen LogP contribution is 2.27. The smallest absolute Gasteiger partial charge is 0.272 e. The average Bonchev–Trinajstić information content (AvgIpc) is 2.28. The molecule has 2 rings (SSSR count). The second-order valence-electron chi connectivity index (χ2n) is 3.76. The Balaban J connectivity index is 2.25. The Morgan fingerprint density at radius 2 is 1.89 bits per heavy atom. The molecule has 2 aromatic carbocycles. The predicted molar refractivity (Wildman–Crippen MR) is 77.1 cm³/mol. The molecule has 18 heavy (non-hydrogen) atoms. The minimum Gasteiger partial charge on any atom is -0.457 e. The molecule has 0 aliphatic heterocycles. The van der Waals surface area contributed by atoms with Crippen molar-refractivity contribution in [2.75, 3.05) is 0 Å². The molecule has 0 aliphatic rings. The van der Waals surface area contributed by atoms with Crippen LogP contribution in [0.15, 0.2) is 42.5 Å². The lowest BCUT2D eigenvalue weighted by molar-refractivity contribution is -0.385. The molecule has 0 aliphatic carbocycles. The van der Waals surface area contributed by atoms with Gasteiger partial charge in [-0.2, -0.15) is 0 Å². The first-order valence-electron chi connectivity index (χ1n) is 5.25. The Morgan fingerprint density at radius 3 is 2.50 bits per heavy atom. The van der Waals surface area contributed by atoms with E-state index in [0.717, 1.165) is 9.32 Å². The van der Waals surface area contributed by atoms with Crippen LogP contribution in [0.5, 0.6) is 11.5 Å². The number of nitro benzene ring substituents is 1. The number of hydrogen-bond acceptors (Lipinski definition) is 3. The molecule has 0 saturated heterocycles. The topological polar surface area (TPSA) is 52.4 Å². The molecule has 0 fully saturated rings. The Bertz CT molecular complexity index is 599. The lowest BCUT2D eigenvalue weighted by Gasteiger charge is -2.06. The fourth-order valence-electron chi connectivity index (χ4n) is 1.56. The summed E-state index contributed by atoms with van der Waals surface area (Å²) in [5, 5.41) is 10.7. The van der Waals surface area contributed by atoms with Crippen LogP contribution in [-0.4, -0.2) is 4.92 Å². The van der Waals surface area contributed by atoms with Gasteiger partial charge in [0.1, 0.15) is 11.5 Å². The minimum atomic E-state index is -0.398. The van der Waals surface area contributed by atoms with Crippen molar-refractivity contribution in [3.8, 4) is 11.5 Å². The van der Waals surface area contributed by atoms with Gasteiger partial charge in [0.15, 0.2) is 0 Å². The number of halogens is 1. The van der Waals surface area contributed by atoms with Gasteiger partial charge in [-0.3, -0.25) is 10.1 Å². The van der Waals surface area contributed by atoms with Crippen molar-refractivity contribution in [2.24, 2.45) is 0 Å². The van der Waals surface area contributed by atoms with E-state index in [2.05, 4.69) is 22.6 Å². The van der Waals surface area contributed by atoms with Gasteiger partial charge in [-0.15, -0.1) is 0 Å². The van der Waals surface area contributed by atoms with Crippen LogP contribution in [0.25, 0.3) is 0 Å². The molecule has 5 heteroatoms. The number of hydrogen-bond donors (Lipinski definition) is 0. The predicted octanol–water partition coefficient (Wildman–Crippen LogP) is 4.30. The zero-order valence-corrected chi connectivity index (χ0v) is 11.7. The van der Waals surface area contributed by atoms with E-state index >= 15 is 0 Å². The third-order valence-corrected chi connectivity index (χ3v) is 3.07. The minimum absolute atomic E-state index is 0.102. The monoisotopic (exact) mass is 355 g/mol. The maximum absolute atomic E-state index is 10.7. The van der Waals surface area contributed by atoms with Crippen LogP contribution in [0.4, 0.5) is 5.69 Å². The summed E-state index contributed by atoms with van der Waals surface area (Å²) in [5.41, 5.74) is 0.688. The first kappa shape index (κ1) is 12.8. The molecule has 0 unspecified atom stereocenters. The normalized spacial score (nSPS) is 10.1. The molecule has 0 N–H and O–H groups in total. The number of nitro groups is 1. The Kier molecular flexibility index (Phi) is 3.81. The van der Waals surface area contributed by atoms with Crippen LogP contribution >= 0.6 is 22.6 Å². The summed E-state index contributed by atoms with van der Waals surface area (Å²) in [6.07, 6.45) is 0. The summed E-state index contributed by atoms with van der Waals surface area (Å²) >= 11 is 2.20. The third kappa shape index (κ3) is 2.98. The maximum atomic E-state index is 10.7. The summed E-state index contributed by atoms with van der Waals surface area (Å²) in [6, 6.07) is 12.3. The molecule has 0 spiro atoms. The molecule has 92 valence electrons. The summed E-state index contributed by atoms with van der Waals surface area (Å²) in [7, 11) is 0. The van der Waals surface area contributed by atoms with Crippen molar-refractivity contribution in [3.63, 3.8) is 0 Å². The standard InChI is InChI=1S/C13H10INO3/c1-9-7-12(5-6-13(9)15(16)17)18-11-4-2-3-10(14)8-11/h2-8H,1H3. The van der Waals surface area contributed by atoms with Gasteiger partial charge in [-0.1, -0.05) is 6.07 Å². The SMILES string of the molecule is Cc1cc(Oc2cccc(I)c2)ccc1[N+](=O)[O-]. The van der Waals surface area contributed by atoms with Gasteiger partial charge in [0.05, 0.1) is 4.92 Å². The van der Waals surface area contributed by atoms with Gasteiger partial charge >= 0.3 is 0 Å². The van der Waals surface area contributed by atoms with Gasteiger partial charge < -0.3 is 4.74 Å². The Hall–Kier alpha value is -1.63. The molecule has 0 heterocycles. The molecule has 0 amide bonds. The Morgan fingerprint density at radius 1 is 1.17 bits per heavy atom. The zero-order valence-electron chi connectivity index (χ0n) is 9.59. The lowest BCUT2D eigenvalue weighted by atomic mass is 10.2. The van der Waals surface area contributed by atoms with Crippen molar-refractivity contribution >= 4 is 28.3 Å². The van der Waals surface area contributed by atoms with E-state index in [0.29, 0.717) is 11.3 Å². The number of aryl methyl sites for hydroxylation is 1. The largest absolute Gasteiger partial charge is 0.457 e. The molecular formula is C13H10INO3. The van der Waals surface area contributed by atoms with Crippen LogP contribution in [-0.2, 0) is 0 Å². The number of benzene rings is 2. The number of ether oxygens (including phenoxy) is 1. The molecule has 0 atom stereocenters. The third-order valence-electron chi connectivity index (χ3n) is 2.40. The second kappa shape index (κ2) is 5.34. The number of nitrogens with zero attached hydrogens (tertiary/aromatic N) is 1. The van der Waals surface area contributed by atoms with E-state index < -0.39 is 4.92 Å². The zero-order chi connectivity index (χ0) is 13.1. The molecule has 0 aromatic heterocycles. The molecule has 0 radical (unpaired) electrons. The lowest BCUT2D eigenvalue weighted by Crippen LogP contribution is -1.92. The van der Waals surface area contributed by atoms with E-state index in [-0.39, 0.29) is 5.69 Å². The van der Waals surface area contributed by atoms with Crippen molar-refractivity contribution in [2.45, 2.75) is 6.92 Å². The summed E-state index contributed by atoms with van der Waals surface area (Å²) in [5.74, 6) is 1.32. The highest BCUT2D eigenvalue weighted by atomic mass is 127. The van der Waals surface area contributed by atoms with E-state index in [1.807, 2.05) is 24.3 Å². The Labute approximate surface area is 118 Å². The average molecular weight is 355 g/mol. The van der Waals surface area contributed by atoms with Gasteiger partial charge in [0, 0.05) is 15.2 Å². The fraction of sp³-hybridized carbons (Fsp3) is 0.0769. The quantitative estimate of drug-likeness (QED) is 0.469. The molecule has 2 aromatic rings. The molecule has 0 bridgehead atoms.